The molecule has 20 heavy (non-hydrogen) atoms. The number of imidazole rings is 1. The van der Waals surface area contributed by atoms with Crippen molar-refractivity contribution in [3.05, 3.63) is 42.4 Å². The SMILES string of the molecule is CC1(C)OC[C@@H]([C@H]2c3ccccc3-c3cncn32)[C@@H]1O. The van der Waals surface area contributed by atoms with Crippen LogP contribution in [0, 0.1) is 5.92 Å². The fourth-order valence-corrected chi connectivity index (χ4v) is 3.58. The lowest BCUT2D eigenvalue weighted by molar-refractivity contribution is -0.0321. The summed E-state index contributed by atoms with van der Waals surface area (Å²) in [5, 5.41) is 10.6. The Morgan fingerprint density at radius 3 is 2.90 bits per heavy atom. The first-order valence-corrected chi connectivity index (χ1v) is 7.03. The molecule has 0 bridgehead atoms. The van der Waals surface area contributed by atoms with Gasteiger partial charge in [-0.2, -0.15) is 0 Å². The minimum Gasteiger partial charge on any atom is -0.390 e. The van der Waals surface area contributed by atoms with E-state index < -0.39 is 11.7 Å². The minimum atomic E-state index is -0.483. The third kappa shape index (κ3) is 1.46. The average molecular weight is 270 g/mol. The monoisotopic (exact) mass is 270 g/mol. The predicted molar refractivity (Wildman–Crippen MR) is 75.3 cm³/mol. The first-order valence-electron chi connectivity index (χ1n) is 7.03. The van der Waals surface area contributed by atoms with Gasteiger partial charge in [-0.3, -0.25) is 0 Å². The molecule has 104 valence electrons. The molecule has 3 atom stereocenters. The first kappa shape index (κ1) is 12.1. The number of rotatable bonds is 1. The third-order valence-electron chi connectivity index (χ3n) is 4.69. The maximum Gasteiger partial charge on any atom is 0.0956 e. The summed E-state index contributed by atoms with van der Waals surface area (Å²) >= 11 is 0. The Morgan fingerprint density at radius 2 is 2.15 bits per heavy atom. The summed E-state index contributed by atoms with van der Waals surface area (Å²) < 4.78 is 7.97. The van der Waals surface area contributed by atoms with Crippen molar-refractivity contribution in [2.24, 2.45) is 5.92 Å². The normalized spacial score (nSPS) is 30.2. The van der Waals surface area contributed by atoms with Gasteiger partial charge in [-0.1, -0.05) is 24.3 Å². The van der Waals surface area contributed by atoms with Crippen LogP contribution >= 0.6 is 0 Å². The van der Waals surface area contributed by atoms with Crippen molar-refractivity contribution >= 4 is 0 Å². The van der Waals surface area contributed by atoms with Gasteiger partial charge in [0.1, 0.15) is 0 Å². The summed E-state index contributed by atoms with van der Waals surface area (Å²) in [5.41, 5.74) is 3.12. The highest BCUT2D eigenvalue weighted by Gasteiger charge is 2.48. The number of fused-ring (bicyclic) bond motifs is 3. The van der Waals surface area contributed by atoms with Gasteiger partial charge >= 0.3 is 0 Å². The number of aliphatic hydroxyl groups is 1. The van der Waals surface area contributed by atoms with Gasteiger partial charge in [0.2, 0.25) is 0 Å². The predicted octanol–water partition coefficient (Wildman–Crippen LogP) is 2.24. The Hall–Kier alpha value is -1.65. The zero-order valence-corrected chi connectivity index (χ0v) is 11.7. The molecular formula is C16H18N2O2. The van der Waals surface area contributed by atoms with Crippen molar-refractivity contribution < 1.29 is 9.84 Å². The van der Waals surface area contributed by atoms with E-state index >= 15 is 0 Å². The Morgan fingerprint density at radius 1 is 1.35 bits per heavy atom. The van der Waals surface area contributed by atoms with Crippen LogP contribution in [-0.2, 0) is 4.74 Å². The highest BCUT2D eigenvalue weighted by molar-refractivity contribution is 5.69. The van der Waals surface area contributed by atoms with Crippen molar-refractivity contribution in [2.45, 2.75) is 31.6 Å². The fraction of sp³-hybridized carbons (Fsp3) is 0.438. The molecule has 0 radical (unpaired) electrons. The third-order valence-corrected chi connectivity index (χ3v) is 4.69. The molecule has 1 aromatic carbocycles. The van der Waals surface area contributed by atoms with Crippen LogP contribution < -0.4 is 0 Å². The highest BCUT2D eigenvalue weighted by atomic mass is 16.5. The smallest absolute Gasteiger partial charge is 0.0956 e. The molecule has 4 heteroatoms. The van der Waals surface area contributed by atoms with E-state index in [0.29, 0.717) is 6.61 Å². The van der Waals surface area contributed by atoms with Crippen LogP contribution in [0.1, 0.15) is 25.5 Å². The molecule has 0 amide bonds. The summed E-state index contributed by atoms with van der Waals surface area (Å²) in [6.45, 7) is 4.48. The summed E-state index contributed by atoms with van der Waals surface area (Å²) in [6, 6.07) is 8.48. The van der Waals surface area contributed by atoms with Gasteiger partial charge in [0, 0.05) is 11.5 Å². The largest absolute Gasteiger partial charge is 0.390 e. The van der Waals surface area contributed by atoms with Gasteiger partial charge in [-0.25, -0.2) is 4.98 Å². The molecule has 1 N–H and O–H groups in total. The molecule has 1 saturated heterocycles. The second-order valence-electron chi connectivity index (χ2n) is 6.24. The Kier molecular flexibility index (Phi) is 2.38. The van der Waals surface area contributed by atoms with Crippen LogP contribution in [0.25, 0.3) is 11.3 Å². The molecule has 2 aliphatic heterocycles. The molecule has 0 aliphatic carbocycles. The molecule has 0 spiro atoms. The molecule has 3 heterocycles. The number of aromatic nitrogens is 2. The number of benzene rings is 1. The maximum absolute atomic E-state index is 10.6. The minimum absolute atomic E-state index is 0.0570. The lowest BCUT2D eigenvalue weighted by Gasteiger charge is -2.28. The van der Waals surface area contributed by atoms with Gasteiger partial charge in [0.25, 0.3) is 0 Å². The Labute approximate surface area is 118 Å². The maximum atomic E-state index is 10.6. The second kappa shape index (κ2) is 3.93. The van der Waals surface area contributed by atoms with Gasteiger partial charge < -0.3 is 14.4 Å². The molecule has 1 fully saturated rings. The number of nitrogens with zero attached hydrogens (tertiary/aromatic N) is 2. The molecule has 0 saturated carbocycles. The second-order valence-corrected chi connectivity index (χ2v) is 6.24. The van der Waals surface area contributed by atoms with E-state index in [1.807, 2.05) is 32.4 Å². The molecule has 4 nitrogen and oxygen atoms in total. The van der Waals surface area contributed by atoms with Gasteiger partial charge in [0.05, 0.1) is 42.6 Å². The lowest BCUT2D eigenvalue weighted by atomic mass is 9.85. The van der Waals surface area contributed by atoms with Crippen molar-refractivity contribution in [3.63, 3.8) is 0 Å². The van der Waals surface area contributed by atoms with E-state index in [2.05, 4.69) is 27.8 Å². The van der Waals surface area contributed by atoms with E-state index in [-0.39, 0.29) is 12.0 Å². The van der Waals surface area contributed by atoms with E-state index in [1.54, 1.807) is 0 Å². The summed E-state index contributed by atoms with van der Waals surface area (Å²) in [7, 11) is 0. The topological polar surface area (TPSA) is 47.3 Å². The van der Waals surface area contributed by atoms with Crippen LogP contribution in [0.3, 0.4) is 0 Å². The van der Waals surface area contributed by atoms with Crippen molar-refractivity contribution in [3.8, 4) is 11.3 Å². The molecular weight excluding hydrogens is 252 g/mol. The highest BCUT2D eigenvalue weighted by Crippen LogP contribution is 2.47. The van der Waals surface area contributed by atoms with E-state index in [0.717, 1.165) is 5.69 Å². The van der Waals surface area contributed by atoms with Crippen LogP contribution in [0.5, 0.6) is 0 Å². The molecule has 0 unspecified atom stereocenters. The van der Waals surface area contributed by atoms with Crippen molar-refractivity contribution in [1.82, 2.24) is 9.55 Å². The standard InChI is InChI=1S/C16H18N2O2/c1-16(2)15(19)12(8-20-16)14-11-6-4-3-5-10(11)13-7-17-9-18(13)14/h3-7,9,12,14-15,19H,8H2,1-2H3/t12-,14+,15-/m0/s1. The van der Waals surface area contributed by atoms with Crippen molar-refractivity contribution in [1.29, 1.82) is 0 Å². The number of ether oxygens (including phenoxy) is 1. The van der Waals surface area contributed by atoms with Crippen LogP contribution in [0.4, 0.5) is 0 Å². The summed E-state index contributed by atoms with van der Waals surface area (Å²) in [4.78, 5) is 4.27. The van der Waals surface area contributed by atoms with E-state index in [1.165, 1.54) is 11.1 Å². The quantitative estimate of drug-likeness (QED) is 0.864. The van der Waals surface area contributed by atoms with Crippen LogP contribution in [-0.4, -0.2) is 33.0 Å². The van der Waals surface area contributed by atoms with Crippen LogP contribution in [0.2, 0.25) is 0 Å². The van der Waals surface area contributed by atoms with Gasteiger partial charge in [-0.15, -0.1) is 0 Å². The zero-order chi connectivity index (χ0) is 13.9. The molecule has 4 rings (SSSR count). The average Bonchev–Trinajstić information content (AvgIpc) is 3.07. The Balaban J connectivity index is 1.84. The molecule has 1 aromatic heterocycles. The summed E-state index contributed by atoms with van der Waals surface area (Å²) in [5.74, 6) is 0.0570. The fourth-order valence-electron chi connectivity index (χ4n) is 3.58. The van der Waals surface area contributed by atoms with Crippen LogP contribution in [0.15, 0.2) is 36.8 Å². The lowest BCUT2D eigenvalue weighted by Crippen LogP contribution is -2.38. The van der Waals surface area contributed by atoms with E-state index in [4.69, 9.17) is 4.74 Å². The van der Waals surface area contributed by atoms with Gasteiger partial charge in [0.15, 0.2) is 0 Å². The molecule has 2 aliphatic rings. The van der Waals surface area contributed by atoms with Crippen molar-refractivity contribution in [2.75, 3.05) is 6.61 Å². The summed E-state index contributed by atoms with van der Waals surface area (Å²) in [6.07, 6.45) is 3.28. The number of hydrogen-bond acceptors (Lipinski definition) is 3. The Bertz CT molecular complexity index is 662. The number of hydrogen-bond donors (Lipinski definition) is 1. The van der Waals surface area contributed by atoms with Gasteiger partial charge in [-0.05, 0) is 19.4 Å². The number of aliphatic hydroxyl groups excluding tert-OH is 1. The zero-order valence-electron chi connectivity index (χ0n) is 11.7. The van der Waals surface area contributed by atoms with E-state index in [9.17, 15) is 5.11 Å². The first-order chi connectivity index (χ1) is 9.59. The molecule has 2 aromatic rings.